The quantitative estimate of drug-likeness (QED) is 0.732. The number of ether oxygens (including phenoxy) is 1. The van der Waals surface area contributed by atoms with E-state index in [-0.39, 0.29) is 0 Å². The fourth-order valence-electron chi connectivity index (χ4n) is 1.63. The summed E-state index contributed by atoms with van der Waals surface area (Å²) in [6.07, 6.45) is 7.72. The van der Waals surface area contributed by atoms with Gasteiger partial charge >= 0.3 is 0 Å². The van der Waals surface area contributed by atoms with Crippen LogP contribution in [-0.4, -0.2) is 44.4 Å². The lowest BCUT2D eigenvalue weighted by Crippen LogP contribution is -2.30. The Bertz CT molecular complexity index is 187. The molecule has 3 rings (SSSR count). The van der Waals surface area contributed by atoms with Crippen molar-refractivity contribution in [2.24, 2.45) is 0 Å². The maximum atomic E-state index is 5.01. The van der Waals surface area contributed by atoms with E-state index >= 15 is 0 Å². The van der Waals surface area contributed by atoms with Crippen LogP contribution in [0.25, 0.3) is 0 Å². The fraction of sp³-hybridized carbons (Fsp3) is 0.643. The molecular weight excluding hydrogens is 226 g/mol. The molecule has 0 amide bonds. The molecule has 18 heavy (non-hydrogen) atoms. The van der Waals surface area contributed by atoms with Crippen LogP contribution in [0.5, 0.6) is 0 Å². The van der Waals surface area contributed by atoms with Crippen molar-refractivity contribution in [3.63, 3.8) is 0 Å². The van der Waals surface area contributed by atoms with Gasteiger partial charge in [0.25, 0.3) is 0 Å². The smallest absolute Gasteiger partial charge is 0.0591 e. The lowest BCUT2D eigenvalue weighted by molar-refractivity contribution is 0.109. The summed E-state index contributed by atoms with van der Waals surface area (Å²) < 4.78 is 5.01. The number of piperidine rings is 1. The van der Waals surface area contributed by atoms with Crippen LogP contribution in [0.3, 0.4) is 0 Å². The first-order valence-corrected chi connectivity index (χ1v) is 6.84. The van der Waals surface area contributed by atoms with Crippen molar-refractivity contribution in [3.8, 4) is 0 Å². The molecular formula is C14H25N3O. The Morgan fingerprint density at radius 1 is 0.722 bits per heavy atom. The summed E-state index contributed by atoms with van der Waals surface area (Å²) in [7, 11) is 0. The van der Waals surface area contributed by atoms with Gasteiger partial charge in [0, 0.05) is 25.5 Å². The first-order valence-electron chi connectivity index (χ1n) is 6.84. The van der Waals surface area contributed by atoms with Gasteiger partial charge in [-0.2, -0.15) is 0 Å². The molecule has 0 aromatic carbocycles. The summed E-state index contributed by atoms with van der Waals surface area (Å²) in [6.45, 7) is 6.33. The average molecular weight is 251 g/mol. The molecule has 2 aliphatic heterocycles. The van der Waals surface area contributed by atoms with Crippen LogP contribution in [0, 0.1) is 0 Å². The van der Waals surface area contributed by atoms with Gasteiger partial charge in [-0.05, 0) is 38.1 Å². The van der Waals surface area contributed by atoms with Gasteiger partial charge in [-0.1, -0.05) is 12.5 Å². The van der Waals surface area contributed by atoms with Crippen LogP contribution in [-0.2, 0) is 4.74 Å². The molecule has 4 nitrogen and oxygen atoms in total. The van der Waals surface area contributed by atoms with Gasteiger partial charge in [0.15, 0.2) is 0 Å². The Morgan fingerprint density at radius 2 is 1.33 bits per heavy atom. The summed E-state index contributed by atoms with van der Waals surface area (Å²) in [4.78, 5) is 3.78. The highest BCUT2D eigenvalue weighted by atomic mass is 16.5. The number of morpholine rings is 1. The van der Waals surface area contributed by atoms with E-state index in [1.165, 1.54) is 32.4 Å². The number of rotatable bonds is 0. The van der Waals surface area contributed by atoms with E-state index in [0.717, 1.165) is 26.3 Å². The summed E-state index contributed by atoms with van der Waals surface area (Å²) in [5.74, 6) is 0. The van der Waals surface area contributed by atoms with Crippen molar-refractivity contribution in [2.75, 3.05) is 39.4 Å². The van der Waals surface area contributed by atoms with Crippen molar-refractivity contribution in [2.45, 2.75) is 19.3 Å². The minimum absolute atomic E-state index is 0.889. The van der Waals surface area contributed by atoms with E-state index in [1.54, 1.807) is 12.4 Å². The van der Waals surface area contributed by atoms with Gasteiger partial charge in [-0.3, -0.25) is 4.98 Å². The first-order chi connectivity index (χ1) is 9.00. The third kappa shape index (κ3) is 10.2. The third-order valence-corrected chi connectivity index (χ3v) is 2.62. The standard InChI is InChI=1S/C5H11N.C5H5N.C4H9NO/c2*1-2-4-6-5-3-1;1-3-6-4-2-5-1/h6H,1-5H2;1-5H;5H,1-4H2. The van der Waals surface area contributed by atoms with Gasteiger partial charge in [0.2, 0.25) is 0 Å². The number of nitrogens with zero attached hydrogens (tertiary/aromatic N) is 1. The largest absolute Gasteiger partial charge is 0.379 e. The van der Waals surface area contributed by atoms with Gasteiger partial charge in [0.1, 0.15) is 0 Å². The number of pyridine rings is 1. The molecule has 2 fully saturated rings. The highest BCUT2D eigenvalue weighted by Crippen LogP contribution is 1.96. The molecule has 4 heteroatoms. The molecule has 0 saturated carbocycles. The summed E-state index contributed by atoms with van der Waals surface area (Å²) in [6, 6.07) is 5.72. The zero-order valence-corrected chi connectivity index (χ0v) is 11.1. The normalized spacial score (nSPS) is 18.7. The molecule has 0 bridgehead atoms. The molecule has 1 aromatic rings. The molecule has 102 valence electrons. The number of aromatic nitrogens is 1. The molecule has 0 aliphatic carbocycles. The summed E-state index contributed by atoms with van der Waals surface area (Å²) >= 11 is 0. The zero-order valence-electron chi connectivity index (χ0n) is 11.1. The summed E-state index contributed by atoms with van der Waals surface area (Å²) in [5, 5.41) is 6.44. The lowest BCUT2D eigenvalue weighted by atomic mass is 10.2. The minimum Gasteiger partial charge on any atom is -0.379 e. The van der Waals surface area contributed by atoms with E-state index in [2.05, 4.69) is 15.6 Å². The molecule has 1 aromatic heterocycles. The topological polar surface area (TPSA) is 46.2 Å². The lowest BCUT2D eigenvalue weighted by Gasteiger charge is -2.10. The molecule has 0 radical (unpaired) electrons. The van der Waals surface area contributed by atoms with Gasteiger partial charge < -0.3 is 15.4 Å². The van der Waals surface area contributed by atoms with Crippen LogP contribution in [0.1, 0.15) is 19.3 Å². The Labute approximate surface area is 110 Å². The highest BCUT2D eigenvalue weighted by Gasteiger charge is 1.94. The maximum absolute atomic E-state index is 5.01. The van der Waals surface area contributed by atoms with Gasteiger partial charge in [-0.15, -0.1) is 0 Å². The summed E-state index contributed by atoms with van der Waals surface area (Å²) in [5.41, 5.74) is 0. The average Bonchev–Trinajstić information content (AvgIpc) is 2.54. The van der Waals surface area contributed by atoms with Crippen molar-refractivity contribution in [3.05, 3.63) is 30.6 Å². The first kappa shape index (κ1) is 15.1. The molecule has 0 spiro atoms. The number of hydrogen-bond acceptors (Lipinski definition) is 4. The molecule has 0 atom stereocenters. The van der Waals surface area contributed by atoms with E-state index in [9.17, 15) is 0 Å². The van der Waals surface area contributed by atoms with Crippen LogP contribution in [0.4, 0.5) is 0 Å². The Hall–Kier alpha value is -0.970. The van der Waals surface area contributed by atoms with E-state index < -0.39 is 0 Å². The van der Waals surface area contributed by atoms with Gasteiger partial charge in [0.05, 0.1) is 13.2 Å². The van der Waals surface area contributed by atoms with Gasteiger partial charge in [-0.25, -0.2) is 0 Å². The predicted octanol–water partition coefficient (Wildman–Crippen LogP) is 1.45. The molecule has 3 heterocycles. The SMILES string of the molecule is C1CCNCC1.C1COCCN1.c1ccncc1. The fourth-order valence-corrected chi connectivity index (χ4v) is 1.63. The van der Waals surface area contributed by atoms with E-state index in [1.807, 2.05) is 18.2 Å². The van der Waals surface area contributed by atoms with Crippen molar-refractivity contribution < 1.29 is 4.74 Å². The van der Waals surface area contributed by atoms with Crippen LogP contribution in [0.15, 0.2) is 30.6 Å². The Morgan fingerprint density at radius 3 is 1.50 bits per heavy atom. The van der Waals surface area contributed by atoms with E-state index in [0.29, 0.717) is 0 Å². The Kier molecular flexibility index (Phi) is 10.5. The molecule has 2 aliphatic rings. The van der Waals surface area contributed by atoms with Crippen LogP contribution in [0.2, 0.25) is 0 Å². The Balaban J connectivity index is 0.000000135. The number of hydrogen-bond donors (Lipinski definition) is 2. The maximum Gasteiger partial charge on any atom is 0.0591 e. The van der Waals surface area contributed by atoms with Crippen molar-refractivity contribution in [1.82, 2.24) is 15.6 Å². The molecule has 2 N–H and O–H groups in total. The third-order valence-electron chi connectivity index (χ3n) is 2.62. The number of nitrogens with one attached hydrogen (secondary N) is 2. The second kappa shape index (κ2) is 12.5. The monoisotopic (exact) mass is 251 g/mol. The van der Waals surface area contributed by atoms with Crippen molar-refractivity contribution >= 4 is 0 Å². The second-order valence-corrected chi connectivity index (χ2v) is 4.20. The van der Waals surface area contributed by atoms with Crippen molar-refractivity contribution in [1.29, 1.82) is 0 Å². The van der Waals surface area contributed by atoms with Crippen LogP contribution >= 0.6 is 0 Å². The minimum atomic E-state index is 0.889. The molecule has 2 saturated heterocycles. The van der Waals surface area contributed by atoms with E-state index in [4.69, 9.17) is 4.74 Å². The zero-order chi connectivity index (χ0) is 12.7. The van der Waals surface area contributed by atoms with Crippen LogP contribution < -0.4 is 10.6 Å². The molecule has 0 unspecified atom stereocenters. The predicted molar refractivity (Wildman–Crippen MR) is 74.6 cm³/mol. The highest BCUT2D eigenvalue weighted by molar-refractivity contribution is 4.88. The second-order valence-electron chi connectivity index (χ2n) is 4.20.